The molecule has 0 amide bonds. The number of rotatable bonds is 9. The van der Waals surface area contributed by atoms with Crippen molar-refractivity contribution in [1.29, 1.82) is 0 Å². The van der Waals surface area contributed by atoms with Crippen LogP contribution in [0.5, 0.6) is 0 Å². The summed E-state index contributed by atoms with van der Waals surface area (Å²) in [5.41, 5.74) is 0. The number of hydrogen-bond donors (Lipinski definition) is 1. The maximum atomic E-state index is 3.82. The molecule has 0 heterocycles. The summed E-state index contributed by atoms with van der Waals surface area (Å²) in [4.78, 5) is 2.71. The third-order valence-corrected chi connectivity index (χ3v) is 4.83. The van der Waals surface area contributed by atoms with Gasteiger partial charge in [-0.05, 0) is 37.5 Å². The van der Waals surface area contributed by atoms with Gasteiger partial charge in [0.15, 0.2) is 0 Å². The average Bonchev–Trinajstić information content (AvgIpc) is 2.39. The normalized spacial score (nSPS) is 24.0. The van der Waals surface area contributed by atoms with Crippen molar-refractivity contribution in [3.8, 4) is 0 Å². The fourth-order valence-electron chi connectivity index (χ4n) is 3.73. The molecule has 120 valence electrons. The smallest absolute Gasteiger partial charge is 0.0110 e. The third-order valence-electron chi connectivity index (χ3n) is 4.83. The highest BCUT2D eigenvalue weighted by Crippen LogP contribution is 2.23. The van der Waals surface area contributed by atoms with E-state index in [2.05, 4.69) is 44.8 Å². The van der Waals surface area contributed by atoms with Crippen molar-refractivity contribution in [2.45, 2.75) is 85.2 Å². The van der Waals surface area contributed by atoms with Crippen LogP contribution in [0, 0.1) is 11.8 Å². The van der Waals surface area contributed by atoms with E-state index in [0.717, 1.165) is 23.9 Å². The predicted molar refractivity (Wildman–Crippen MR) is 90.2 cm³/mol. The Labute approximate surface area is 127 Å². The summed E-state index contributed by atoms with van der Waals surface area (Å²) in [6.45, 7) is 15.4. The van der Waals surface area contributed by atoms with Crippen LogP contribution in [0.1, 0.15) is 73.1 Å². The first-order valence-corrected chi connectivity index (χ1v) is 9.04. The number of nitrogens with zero attached hydrogens (tertiary/aromatic N) is 1. The van der Waals surface area contributed by atoms with Crippen molar-refractivity contribution >= 4 is 0 Å². The maximum Gasteiger partial charge on any atom is 0.0110 e. The summed E-state index contributed by atoms with van der Waals surface area (Å²) in [7, 11) is 0. The van der Waals surface area contributed by atoms with Crippen molar-refractivity contribution < 1.29 is 0 Å². The fourth-order valence-corrected chi connectivity index (χ4v) is 3.73. The molecule has 0 saturated heterocycles. The SMILES string of the molecule is CCC(CC)N(CCNC1CCCC(C)C1)CC(C)C. The first kappa shape index (κ1) is 18.0. The minimum atomic E-state index is 0.768. The van der Waals surface area contributed by atoms with Crippen LogP contribution in [0.3, 0.4) is 0 Å². The molecule has 0 bridgehead atoms. The Balaban J connectivity index is 2.33. The van der Waals surface area contributed by atoms with Crippen molar-refractivity contribution in [2.75, 3.05) is 19.6 Å². The molecule has 2 unspecified atom stereocenters. The van der Waals surface area contributed by atoms with Crippen molar-refractivity contribution in [2.24, 2.45) is 11.8 Å². The quantitative estimate of drug-likeness (QED) is 0.678. The Hall–Kier alpha value is -0.0800. The Morgan fingerprint density at radius 1 is 1.15 bits per heavy atom. The highest BCUT2D eigenvalue weighted by Gasteiger charge is 2.19. The van der Waals surface area contributed by atoms with Crippen LogP contribution >= 0.6 is 0 Å². The van der Waals surface area contributed by atoms with Gasteiger partial charge in [-0.3, -0.25) is 4.90 Å². The second-order valence-corrected chi connectivity index (χ2v) is 7.28. The number of nitrogens with one attached hydrogen (secondary N) is 1. The number of hydrogen-bond acceptors (Lipinski definition) is 2. The molecule has 0 aromatic heterocycles. The van der Waals surface area contributed by atoms with E-state index in [1.807, 2.05) is 0 Å². The molecule has 0 aromatic carbocycles. The molecule has 0 aliphatic heterocycles. The van der Waals surface area contributed by atoms with E-state index in [4.69, 9.17) is 0 Å². The average molecular weight is 283 g/mol. The molecule has 0 aromatic rings. The lowest BCUT2D eigenvalue weighted by atomic mass is 9.87. The molecule has 1 fully saturated rings. The topological polar surface area (TPSA) is 15.3 Å². The molecular formula is C18H38N2. The van der Waals surface area contributed by atoms with Gasteiger partial charge in [-0.25, -0.2) is 0 Å². The lowest BCUT2D eigenvalue weighted by molar-refractivity contribution is 0.162. The third kappa shape index (κ3) is 6.58. The standard InChI is InChI=1S/C18H38N2/c1-6-18(7-2)20(14-15(3)4)12-11-19-17-10-8-9-16(5)13-17/h15-19H,6-14H2,1-5H3. The van der Waals surface area contributed by atoms with Gasteiger partial charge in [0.2, 0.25) is 0 Å². The zero-order valence-corrected chi connectivity index (χ0v) is 14.6. The Morgan fingerprint density at radius 2 is 1.85 bits per heavy atom. The van der Waals surface area contributed by atoms with Crippen LogP contribution in [0.2, 0.25) is 0 Å². The van der Waals surface area contributed by atoms with Crippen LogP contribution in [0.4, 0.5) is 0 Å². The fraction of sp³-hybridized carbons (Fsp3) is 1.00. The van der Waals surface area contributed by atoms with E-state index in [-0.39, 0.29) is 0 Å². The van der Waals surface area contributed by atoms with Crippen molar-refractivity contribution in [1.82, 2.24) is 10.2 Å². The first-order chi connectivity index (χ1) is 9.56. The molecule has 0 spiro atoms. The van der Waals surface area contributed by atoms with Gasteiger partial charge in [-0.2, -0.15) is 0 Å². The van der Waals surface area contributed by atoms with Crippen LogP contribution in [0.25, 0.3) is 0 Å². The van der Waals surface area contributed by atoms with Crippen LogP contribution in [-0.4, -0.2) is 36.6 Å². The molecule has 1 aliphatic rings. The van der Waals surface area contributed by atoms with E-state index >= 15 is 0 Å². The van der Waals surface area contributed by atoms with Gasteiger partial charge in [0.1, 0.15) is 0 Å². The minimum absolute atomic E-state index is 0.768. The first-order valence-electron chi connectivity index (χ1n) is 9.04. The Bertz CT molecular complexity index is 236. The van der Waals surface area contributed by atoms with Crippen LogP contribution in [0.15, 0.2) is 0 Å². The Kier molecular flexibility index (Phi) is 8.79. The molecule has 20 heavy (non-hydrogen) atoms. The lowest BCUT2D eigenvalue weighted by Gasteiger charge is -2.33. The van der Waals surface area contributed by atoms with Crippen molar-refractivity contribution in [3.63, 3.8) is 0 Å². The van der Waals surface area contributed by atoms with Gasteiger partial charge in [-0.1, -0.05) is 47.5 Å². The molecule has 1 saturated carbocycles. The van der Waals surface area contributed by atoms with E-state index in [1.165, 1.54) is 58.2 Å². The summed E-state index contributed by atoms with van der Waals surface area (Å²) in [5.74, 6) is 1.69. The van der Waals surface area contributed by atoms with Crippen LogP contribution in [-0.2, 0) is 0 Å². The summed E-state index contributed by atoms with van der Waals surface area (Å²) in [6.07, 6.45) is 8.19. The molecule has 1 aliphatic carbocycles. The van der Waals surface area contributed by atoms with Gasteiger partial charge in [-0.15, -0.1) is 0 Å². The minimum Gasteiger partial charge on any atom is -0.313 e. The second kappa shape index (κ2) is 9.78. The molecule has 2 nitrogen and oxygen atoms in total. The summed E-state index contributed by atoms with van der Waals surface area (Å²) in [6, 6.07) is 1.55. The van der Waals surface area contributed by atoms with Crippen LogP contribution < -0.4 is 5.32 Å². The van der Waals surface area contributed by atoms with Gasteiger partial charge >= 0.3 is 0 Å². The molecule has 2 atom stereocenters. The largest absolute Gasteiger partial charge is 0.313 e. The zero-order valence-electron chi connectivity index (χ0n) is 14.6. The molecule has 1 rings (SSSR count). The molecule has 0 radical (unpaired) electrons. The van der Waals surface area contributed by atoms with Gasteiger partial charge < -0.3 is 5.32 Å². The summed E-state index contributed by atoms with van der Waals surface area (Å²) >= 11 is 0. The molecular weight excluding hydrogens is 244 g/mol. The summed E-state index contributed by atoms with van der Waals surface area (Å²) < 4.78 is 0. The Morgan fingerprint density at radius 3 is 2.40 bits per heavy atom. The van der Waals surface area contributed by atoms with E-state index in [9.17, 15) is 0 Å². The van der Waals surface area contributed by atoms with E-state index in [1.54, 1.807) is 0 Å². The van der Waals surface area contributed by atoms with Gasteiger partial charge in [0.25, 0.3) is 0 Å². The van der Waals surface area contributed by atoms with Gasteiger partial charge in [0.05, 0.1) is 0 Å². The highest BCUT2D eigenvalue weighted by atomic mass is 15.2. The van der Waals surface area contributed by atoms with E-state index in [0.29, 0.717) is 0 Å². The van der Waals surface area contributed by atoms with Crippen molar-refractivity contribution in [3.05, 3.63) is 0 Å². The molecule has 1 N–H and O–H groups in total. The monoisotopic (exact) mass is 282 g/mol. The lowest BCUT2D eigenvalue weighted by Crippen LogP contribution is -2.44. The predicted octanol–water partition coefficient (Wildman–Crippen LogP) is 4.30. The summed E-state index contributed by atoms with van der Waals surface area (Å²) in [5, 5.41) is 3.82. The van der Waals surface area contributed by atoms with Gasteiger partial charge in [0, 0.05) is 31.7 Å². The molecule has 2 heteroatoms. The second-order valence-electron chi connectivity index (χ2n) is 7.28. The highest BCUT2D eigenvalue weighted by molar-refractivity contribution is 4.77. The maximum absolute atomic E-state index is 3.82. The zero-order chi connectivity index (χ0) is 15.0. The van der Waals surface area contributed by atoms with E-state index < -0.39 is 0 Å².